The van der Waals surface area contributed by atoms with Crippen molar-refractivity contribution in [3.8, 4) is 11.5 Å². The summed E-state index contributed by atoms with van der Waals surface area (Å²) in [7, 11) is 0. The van der Waals surface area contributed by atoms with Gasteiger partial charge in [-0.1, -0.05) is 50.6 Å². The van der Waals surface area contributed by atoms with Gasteiger partial charge >= 0.3 is 0 Å². The summed E-state index contributed by atoms with van der Waals surface area (Å²) >= 11 is 0. The van der Waals surface area contributed by atoms with E-state index < -0.39 is 0 Å². The molecule has 0 saturated heterocycles. The van der Waals surface area contributed by atoms with Crippen LogP contribution in [0.3, 0.4) is 0 Å². The highest BCUT2D eigenvalue weighted by atomic mass is 16.5. The molecule has 21 heavy (non-hydrogen) atoms. The van der Waals surface area contributed by atoms with Crippen molar-refractivity contribution in [1.82, 2.24) is 0 Å². The minimum Gasteiger partial charge on any atom is -0.507 e. The first kappa shape index (κ1) is 16.4. The smallest absolute Gasteiger partial charge is 0.298 e. The van der Waals surface area contributed by atoms with E-state index in [0.717, 1.165) is 0 Å². The van der Waals surface area contributed by atoms with Gasteiger partial charge < -0.3 is 9.84 Å². The average Bonchev–Trinajstić information content (AvgIpc) is 2.49. The molecular formula is C17H18O4. The van der Waals surface area contributed by atoms with Crippen molar-refractivity contribution in [2.24, 2.45) is 0 Å². The van der Waals surface area contributed by atoms with Gasteiger partial charge in [0.1, 0.15) is 11.5 Å². The molecule has 4 nitrogen and oxygen atoms in total. The van der Waals surface area contributed by atoms with Crippen LogP contribution in [0.25, 0.3) is 0 Å². The van der Waals surface area contributed by atoms with Crippen molar-refractivity contribution in [3.63, 3.8) is 0 Å². The van der Waals surface area contributed by atoms with E-state index >= 15 is 0 Å². The number of benzene rings is 2. The van der Waals surface area contributed by atoms with Crippen molar-refractivity contribution in [1.29, 1.82) is 0 Å². The Morgan fingerprint density at radius 2 is 1.76 bits per heavy atom. The molecule has 0 aliphatic heterocycles. The van der Waals surface area contributed by atoms with Gasteiger partial charge in [0.2, 0.25) is 0 Å². The lowest BCUT2D eigenvalue weighted by molar-refractivity contribution is -0.120. The van der Waals surface area contributed by atoms with Gasteiger partial charge in [-0.3, -0.25) is 9.59 Å². The Morgan fingerprint density at radius 3 is 2.29 bits per heavy atom. The van der Waals surface area contributed by atoms with E-state index in [-0.39, 0.29) is 29.3 Å². The van der Waals surface area contributed by atoms with E-state index in [1.165, 1.54) is 24.6 Å². The number of phenols is 1. The minimum atomic E-state index is -0.286. The third-order valence-electron chi connectivity index (χ3n) is 2.43. The van der Waals surface area contributed by atoms with Crippen LogP contribution < -0.4 is 4.74 Å². The molecule has 0 unspecified atom stereocenters. The summed E-state index contributed by atoms with van der Waals surface area (Å²) in [6.45, 7) is 4.51. The number of ketones is 1. The van der Waals surface area contributed by atoms with Gasteiger partial charge in [-0.15, -0.1) is 0 Å². The highest BCUT2D eigenvalue weighted by molar-refractivity contribution is 6.10. The molecule has 0 saturated carbocycles. The fourth-order valence-corrected chi connectivity index (χ4v) is 1.58. The van der Waals surface area contributed by atoms with E-state index in [0.29, 0.717) is 5.56 Å². The molecule has 0 amide bonds. The Labute approximate surface area is 124 Å². The van der Waals surface area contributed by atoms with E-state index in [2.05, 4.69) is 18.6 Å². The quantitative estimate of drug-likeness (QED) is 0.689. The number of rotatable bonds is 4. The second kappa shape index (κ2) is 8.53. The van der Waals surface area contributed by atoms with Gasteiger partial charge in [0.15, 0.2) is 5.78 Å². The predicted molar refractivity (Wildman–Crippen MR) is 80.6 cm³/mol. The first-order valence-corrected chi connectivity index (χ1v) is 6.67. The maximum atomic E-state index is 12.1. The van der Waals surface area contributed by atoms with Crippen LogP contribution in [0.2, 0.25) is 0 Å². The van der Waals surface area contributed by atoms with Crippen LogP contribution in [0.1, 0.15) is 36.2 Å². The summed E-state index contributed by atoms with van der Waals surface area (Å²) in [5, 5.41) is 9.73. The summed E-state index contributed by atoms with van der Waals surface area (Å²) < 4.78 is 4.58. The standard InChI is InChI=1S/C14H10O4.C3H8/c15-9-18-11-6-7-12(13(16)8-11)14(17)10-4-2-1-3-5-10;1-3-2/h1-9,16H;3H2,1-2H3. The molecule has 0 fully saturated rings. The van der Waals surface area contributed by atoms with Crippen LogP contribution in [-0.2, 0) is 4.79 Å². The zero-order chi connectivity index (χ0) is 15.7. The summed E-state index contributed by atoms with van der Waals surface area (Å²) in [5.74, 6) is -0.318. The molecule has 4 heteroatoms. The molecule has 0 radical (unpaired) electrons. The van der Waals surface area contributed by atoms with Crippen LogP contribution in [0, 0.1) is 0 Å². The Balaban J connectivity index is 0.000000677. The van der Waals surface area contributed by atoms with Crippen LogP contribution in [0.15, 0.2) is 48.5 Å². The molecule has 2 aromatic rings. The zero-order valence-electron chi connectivity index (χ0n) is 12.1. The van der Waals surface area contributed by atoms with Gasteiger partial charge in [-0.05, 0) is 12.1 Å². The van der Waals surface area contributed by atoms with E-state index in [4.69, 9.17) is 0 Å². The second-order valence-electron chi connectivity index (χ2n) is 4.30. The highest BCUT2D eigenvalue weighted by Crippen LogP contribution is 2.25. The molecule has 2 rings (SSSR count). The van der Waals surface area contributed by atoms with Gasteiger partial charge in [0.05, 0.1) is 5.56 Å². The lowest BCUT2D eigenvalue weighted by Gasteiger charge is -2.05. The van der Waals surface area contributed by atoms with Gasteiger partial charge in [0, 0.05) is 11.6 Å². The van der Waals surface area contributed by atoms with Gasteiger partial charge in [-0.2, -0.15) is 0 Å². The molecule has 2 aromatic carbocycles. The topological polar surface area (TPSA) is 63.6 Å². The fourth-order valence-electron chi connectivity index (χ4n) is 1.58. The van der Waals surface area contributed by atoms with Crippen LogP contribution >= 0.6 is 0 Å². The van der Waals surface area contributed by atoms with Gasteiger partial charge in [-0.25, -0.2) is 0 Å². The lowest BCUT2D eigenvalue weighted by atomic mass is 10.0. The molecular weight excluding hydrogens is 268 g/mol. The number of aromatic hydroxyl groups is 1. The van der Waals surface area contributed by atoms with Crippen molar-refractivity contribution < 1.29 is 19.4 Å². The molecule has 0 spiro atoms. The largest absolute Gasteiger partial charge is 0.507 e. The Kier molecular flexibility index (Phi) is 6.68. The summed E-state index contributed by atoms with van der Waals surface area (Å²) in [6.07, 6.45) is 1.25. The fraction of sp³-hybridized carbons (Fsp3) is 0.176. The average molecular weight is 286 g/mol. The number of hydrogen-bond donors (Lipinski definition) is 1. The monoisotopic (exact) mass is 286 g/mol. The number of phenolic OH excluding ortho intramolecular Hbond substituents is 1. The lowest BCUT2D eigenvalue weighted by Crippen LogP contribution is -2.01. The number of hydrogen-bond acceptors (Lipinski definition) is 4. The maximum Gasteiger partial charge on any atom is 0.298 e. The molecule has 0 aliphatic rings. The van der Waals surface area contributed by atoms with E-state index in [1.807, 2.05) is 0 Å². The second-order valence-corrected chi connectivity index (χ2v) is 4.30. The molecule has 0 heterocycles. The van der Waals surface area contributed by atoms with Crippen molar-refractivity contribution in [2.75, 3.05) is 0 Å². The Hall–Kier alpha value is -2.62. The molecule has 0 aromatic heterocycles. The minimum absolute atomic E-state index is 0.166. The number of ether oxygens (including phenoxy) is 1. The van der Waals surface area contributed by atoms with Crippen LogP contribution in [-0.4, -0.2) is 17.4 Å². The normalized spacial score (nSPS) is 9.24. The molecule has 0 aliphatic carbocycles. The number of carbonyl (C=O) groups is 2. The summed E-state index contributed by atoms with van der Waals surface area (Å²) in [4.78, 5) is 22.2. The third-order valence-corrected chi connectivity index (χ3v) is 2.43. The van der Waals surface area contributed by atoms with Crippen molar-refractivity contribution in [3.05, 3.63) is 59.7 Å². The van der Waals surface area contributed by atoms with Crippen molar-refractivity contribution in [2.45, 2.75) is 20.3 Å². The van der Waals surface area contributed by atoms with Crippen LogP contribution in [0.4, 0.5) is 0 Å². The van der Waals surface area contributed by atoms with E-state index in [1.54, 1.807) is 30.3 Å². The highest BCUT2D eigenvalue weighted by Gasteiger charge is 2.13. The summed E-state index contributed by atoms with van der Waals surface area (Å²) in [6, 6.07) is 12.7. The van der Waals surface area contributed by atoms with Crippen molar-refractivity contribution >= 4 is 12.3 Å². The van der Waals surface area contributed by atoms with Crippen LogP contribution in [0.5, 0.6) is 11.5 Å². The summed E-state index contributed by atoms with van der Waals surface area (Å²) in [5.41, 5.74) is 0.649. The molecule has 110 valence electrons. The zero-order valence-corrected chi connectivity index (χ0v) is 12.1. The molecule has 1 N–H and O–H groups in total. The maximum absolute atomic E-state index is 12.1. The Bertz CT molecular complexity index is 591. The molecule has 0 bridgehead atoms. The van der Waals surface area contributed by atoms with Gasteiger partial charge in [0.25, 0.3) is 6.47 Å². The Morgan fingerprint density at radius 1 is 1.14 bits per heavy atom. The molecule has 0 atom stereocenters. The SMILES string of the molecule is CCC.O=COc1ccc(C(=O)c2ccccc2)c(O)c1. The first-order valence-electron chi connectivity index (χ1n) is 6.67. The first-order chi connectivity index (χ1) is 10.1. The predicted octanol–water partition coefficient (Wildman–Crippen LogP) is 3.57. The number of carbonyl (C=O) groups excluding carboxylic acids is 2. The van der Waals surface area contributed by atoms with E-state index in [9.17, 15) is 14.7 Å². The third kappa shape index (κ3) is 4.76.